The van der Waals surface area contributed by atoms with Gasteiger partial charge in [-0.2, -0.15) is 5.26 Å². The van der Waals surface area contributed by atoms with Crippen LogP contribution in [-0.2, 0) is 0 Å². The molecule has 0 aliphatic carbocycles. The van der Waals surface area contributed by atoms with Crippen LogP contribution in [0.3, 0.4) is 0 Å². The van der Waals surface area contributed by atoms with Crippen LogP contribution in [0, 0.1) is 10.7 Å². The molecule has 0 amide bonds. The molecule has 0 N–H and O–H groups in total. The Kier molecular flexibility index (Phi) is 27.7. The maximum atomic E-state index is 8.85. The Hall–Kier alpha value is -0.164. The quantitative estimate of drug-likeness (QED) is 0.219. The van der Waals surface area contributed by atoms with E-state index in [0.29, 0.717) is 0 Å². The maximum Gasteiger partial charge on any atom is 2.00 e. The second-order valence-electron chi connectivity index (χ2n) is 0.425. The number of hydrogen-bond acceptors (Lipinski definition) is 6. The number of thiocyanates is 1. The first kappa shape index (κ1) is 15.9. The summed E-state index contributed by atoms with van der Waals surface area (Å²) in [6.45, 7) is 0. The number of rotatable bonds is 0. The first-order chi connectivity index (χ1) is 3.65. The summed E-state index contributed by atoms with van der Waals surface area (Å²) in [5.41, 5.74) is 0. The van der Waals surface area contributed by atoms with Crippen molar-refractivity contribution in [3.05, 3.63) is 0 Å². The largest absolute Gasteiger partial charge is 2.00 e. The van der Waals surface area contributed by atoms with E-state index in [-0.39, 0.29) is 35.1 Å². The number of carboxylic acid groups (broad SMARTS) is 2. The predicted molar refractivity (Wildman–Crippen MR) is 25.1 cm³/mol. The van der Waals surface area contributed by atoms with Gasteiger partial charge in [0.25, 0.3) is 0 Å². The summed E-state index contributed by atoms with van der Waals surface area (Å²) in [4.78, 5) is 8.33. The van der Waals surface area contributed by atoms with Crippen molar-refractivity contribution in [1.29, 1.82) is 5.26 Å². The molecule has 0 radical (unpaired) electrons. The van der Waals surface area contributed by atoms with E-state index < -0.39 is 6.16 Å². The van der Waals surface area contributed by atoms with Crippen LogP contribution in [0.5, 0.6) is 0 Å². The van der Waals surface area contributed by atoms with Crippen molar-refractivity contribution < 1.29 is 19.6 Å². The normalized spacial score (nSPS) is 4.89. The fraction of sp³-hybridized carbons (Fsp3) is 0. The molecule has 9 heavy (non-hydrogen) atoms. The van der Waals surface area contributed by atoms with Crippen LogP contribution in [0.1, 0.15) is 0 Å². The zero-order valence-corrected chi connectivity index (χ0v) is 6.43. The molecule has 0 fully saturated rings. The summed E-state index contributed by atoms with van der Waals surface area (Å²) < 4.78 is 8.85. The van der Waals surface area contributed by atoms with Crippen LogP contribution in [0.25, 0.3) is 0 Å². The topological polar surface area (TPSA) is 110 Å². The molecule has 0 aromatic carbocycles. The van der Waals surface area contributed by atoms with Gasteiger partial charge >= 0.3 is 23.1 Å². The van der Waals surface area contributed by atoms with Gasteiger partial charge in [-0.3, -0.25) is 0 Å². The van der Waals surface area contributed by atoms with Crippen molar-refractivity contribution in [2.24, 2.45) is 0 Å². The van der Waals surface area contributed by atoms with E-state index in [9.17, 15) is 0 Å². The second-order valence-corrected chi connectivity index (χ2v) is 0.774. The number of hydrogen-bond donors (Lipinski definition) is 0. The molecule has 5 nitrogen and oxygen atoms in total. The van der Waals surface area contributed by atoms with Crippen LogP contribution >= 0.6 is 12.0 Å². The Morgan fingerprint density at radius 2 is 1.67 bits per heavy atom. The summed E-state index contributed by atoms with van der Waals surface area (Å²) >= 11 is -0.0880. The van der Waals surface area contributed by atoms with Crippen molar-refractivity contribution in [3.63, 3.8) is 0 Å². The zero-order valence-electron chi connectivity index (χ0n) is 4.20. The van der Waals surface area contributed by atoms with Gasteiger partial charge in [-0.1, -0.05) is 0 Å². The molecule has 0 aromatic heterocycles. The van der Waals surface area contributed by atoms with Gasteiger partial charge in [0, 0.05) is 0 Å². The summed E-state index contributed by atoms with van der Waals surface area (Å²) in [6, 6.07) is 0. The van der Waals surface area contributed by atoms with Gasteiger partial charge in [-0.25, -0.2) is 0 Å². The van der Waals surface area contributed by atoms with Crippen LogP contribution in [0.4, 0.5) is 4.79 Å². The number of carbonyl (C=O) groups is 1. The minimum absolute atomic E-state index is 0. The molecule has 0 aromatic rings. The molecule has 0 heterocycles. The van der Waals surface area contributed by atoms with E-state index in [2.05, 4.69) is 0 Å². The van der Waals surface area contributed by atoms with Crippen LogP contribution in [0.2, 0.25) is 0 Å². The van der Waals surface area contributed by atoms with Gasteiger partial charge in [0.15, 0.2) is 0 Å². The zero-order chi connectivity index (χ0) is 6.99. The number of nitrogens with zero attached hydrogens (tertiary/aromatic N) is 1. The predicted octanol–water partition coefficient (Wildman–Crippen LogP) is -2.50. The molecule has 7 heteroatoms. The molecule has 0 bridgehead atoms. The van der Waals surface area contributed by atoms with E-state index >= 15 is 0 Å². The maximum absolute atomic E-state index is 8.85. The third-order valence-electron chi connectivity index (χ3n) is 0.0373. The van der Waals surface area contributed by atoms with E-state index in [1.165, 1.54) is 5.40 Å². The summed E-state index contributed by atoms with van der Waals surface area (Å²) in [5.74, 6) is 0. The summed E-state index contributed by atoms with van der Waals surface area (Å²) in [6.07, 6.45) is -2.33. The molecule has 0 aliphatic heterocycles. The summed E-state index contributed by atoms with van der Waals surface area (Å²) in [5, 5.41) is 25.2. The van der Waals surface area contributed by atoms with Crippen molar-refractivity contribution in [2.75, 3.05) is 0 Å². The van der Waals surface area contributed by atoms with Crippen molar-refractivity contribution >= 4 is 41.3 Å². The van der Waals surface area contributed by atoms with Crippen LogP contribution in [-0.4, -0.2) is 33.8 Å². The second kappa shape index (κ2) is 15.7. The fourth-order valence-electron chi connectivity index (χ4n) is 0. The Balaban J connectivity index is -0.0000000720. The smallest absolute Gasteiger partial charge is 0.787 e. The average molecular weight is 158 g/mol. The first-order valence-corrected chi connectivity index (χ1v) is 1.95. The monoisotopic (exact) mass is 158 g/mol. The van der Waals surface area contributed by atoms with Gasteiger partial charge in [-0.15, -0.1) is 12.0 Å². The Labute approximate surface area is 71.6 Å². The van der Waals surface area contributed by atoms with Crippen LogP contribution in [0.15, 0.2) is 0 Å². The van der Waals surface area contributed by atoms with E-state index in [0.717, 1.165) is 0 Å². The summed E-state index contributed by atoms with van der Waals surface area (Å²) in [7, 11) is 0. The molecule has 0 aliphatic rings. The van der Waals surface area contributed by atoms with E-state index in [1.807, 2.05) is 0 Å². The minimum atomic E-state index is -2.33. The number of nitriles is 1. The third kappa shape index (κ3) is 382. The van der Waals surface area contributed by atoms with Gasteiger partial charge in [0.2, 0.25) is 0 Å². The molecular weight excluding hydrogens is 158 g/mol. The number of carbonyl (C=O) groups excluding carboxylic acids is 1. The Morgan fingerprint density at radius 1 is 1.56 bits per heavy atom. The van der Waals surface area contributed by atoms with Gasteiger partial charge in [-0.05, 0) is 6.16 Å². The van der Waals surface area contributed by atoms with Gasteiger partial charge in [0.1, 0.15) is 5.40 Å². The molecule has 0 rings (SSSR count). The molecule has 0 atom stereocenters. The molecule has 46 valence electrons. The Morgan fingerprint density at radius 3 is 1.67 bits per heavy atom. The third-order valence-corrected chi connectivity index (χ3v) is 0.112. The van der Waals surface area contributed by atoms with Crippen LogP contribution < -0.4 is 10.2 Å². The molecule has 0 spiro atoms. The fourth-order valence-corrected chi connectivity index (χ4v) is 0. The first-order valence-electron chi connectivity index (χ1n) is 1.21. The SMILES string of the molecule is N#CS[O-].O=C([O-])[O-].[Mg+2]. The minimum Gasteiger partial charge on any atom is -0.787 e. The molecule has 0 unspecified atom stereocenters. The van der Waals surface area contributed by atoms with Crippen molar-refractivity contribution in [2.45, 2.75) is 0 Å². The van der Waals surface area contributed by atoms with Gasteiger partial charge < -0.3 is 19.6 Å². The molecule has 0 saturated heterocycles. The standard InChI is InChI=1S/CHNOS.CH2O3.Mg/c2-1-4-3;2-1(3)4;/h3H;(H2,2,3,4);/q;;+2/p-3. The molecule has 0 saturated carbocycles. The van der Waals surface area contributed by atoms with E-state index in [1.54, 1.807) is 0 Å². The average Bonchev–Trinajstić information content (AvgIpc) is 1.65. The molecular formula is C2MgNO4S-. The van der Waals surface area contributed by atoms with Crippen molar-refractivity contribution in [1.82, 2.24) is 0 Å². The Bertz CT molecular complexity index is 97.2. The van der Waals surface area contributed by atoms with Gasteiger partial charge in [0.05, 0.1) is 0 Å². The van der Waals surface area contributed by atoms with Crippen molar-refractivity contribution in [3.8, 4) is 5.40 Å². The van der Waals surface area contributed by atoms with E-state index in [4.69, 9.17) is 24.8 Å².